The Balaban J connectivity index is 3.50. The second-order valence-electron chi connectivity index (χ2n) is 3.45. The van der Waals surface area contributed by atoms with Crippen molar-refractivity contribution in [2.75, 3.05) is 19.7 Å². The fourth-order valence-electron chi connectivity index (χ4n) is 1.01. The Morgan fingerprint density at radius 3 is 2.67 bits per heavy atom. The van der Waals surface area contributed by atoms with E-state index in [1.165, 1.54) is 0 Å². The van der Waals surface area contributed by atoms with Gasteiger partial charge in [0.25, 0.3) is 0 Å². The monoisotopic (exact) mass is 216 g/mol. The van der Waals surface area contributed by atoms with Gasteiger partial charge in [-0.25, -0.2) is 0 Å². The summed E-state index contributed by atoms with van der Waals surface area (Å²) in [4.78, 5) is 22.1. The summed E-state index contributed by atoms with van der Waals surface area (Å²) in [5, 5.41) is 2.64. The standard InChI is InChI=1S/C10H20N2O3/c1-3-15-10(14)4-5-12-9(13)6-8(2)7-11/h8H,3-7,11H2,1-2H3,(H,12,13). The molecule has 0 heterocycles. The maximum atomic E-state index is 11.2. The first kappa shape index (κ1) is 13.9. The van der Waals surface area contributed by atoms with Gasteiger partial charge in [0.05, 0.1) is 13.0 Å². The van der Waals surface area contributed by atoms with Crippen LogP contribution in [0, 0.1) is 5.92 Å². The van der Waals surface area contributed by atoms with Crippen LogP contribution < -0.4 is 11.1 Å². The van der Waals surface area contributed by atoms with E-state index in [4.69, 9.17) is 10.5 Å². The smallest absolute Gasteiger partial charge is 0.307 e. The molecule has 0 bridgehead atoms. The average molecular weight is 216 g/mol. The van der Waals surface area contributed by atoms with Crippen molar-refractivity contribution in [3.05, 3.63) is 0 Å². The van der Waals surface area contributed by atoms with Gasteiger partial charge in [0, 0.05) is 13.0 Å². The Labute approximate surface area is 90.4 Å². The van der Waals surface area contributed by atoms with E-state index in [0.717, 1.165) is 0 Å². The fourth-order valence-corrected chi connectivity index (χ4v) is 1.01. The van der Waals surface area contributed by atoms with Crippen molar-refractivity contribution in [3.63, 3.8) is 0 Å². The van der Waals surface area contributed by atoms with Gasteiger partial charge in [0.15, 0.2) is 0 Å². The molecule has 0 rings (SSSR count). The van der Waals surface area contributed by atoms with Crippen molar-refractivity contribution in [2.45, 2.75) is 26.7 Å². The number of esters is 1. The molecule has 0 aromatic rings. The Kier molecular flexibility index (Phi) is 7.62. The molecule has 5 nitrogen and oxygen atoms in total. The van der Waals surface area contributed by atoms with Crippen LogP contribution in [0.1, 0.15) is 26.7 Å². The number of carbonyl (C=O) groups excluding carboxylic acids is 2. The molecule has 88 valence electrons. The van der Waals surface area contributed by atoms with Gasteiger partial charge in [-0.15, -0.1) is 0 Å². The Morgan fingerprint density at radius 2 is 2.13 bits per heavy atom. The summed E-state index contributed by atoms with van der Waals surface area (Å²) >= 11 is 0. The van der Waals surface area contributed by atoms with Crippen LogP contribution >= 0.6 is 0 Å². The molecule has 3 N–H and O–H groups in total. The minimum atomic E-state index is -0.287. The van der Waals surface area contributed by atoms with Gasteiger partial charge in [0.2, 0.25) is 5.91 Å². The lowest BCUT2D eigenvalue weighted by Crippen LogP contribution is -2.29. The highest BCUT2D eigenvalue weighted by Crippen LogP contribution is 1.97. The van der Waals surface area contributed by atoms with Crippen molar-refractivity contribution < 1.29 is 14.3 Å². The first-order valence-corrected chi connectivity index (χ1v) is 5.22. The zero-order valence-electron chi connectivity index (χ0n) is 9.41. The molecule has 0 radical (unpaired) electrons. The summed E-state index contributed by atoms with van der Waals surface area (Å²) in [5.74, 6) is -0.186. The Morgan fingerprint density at radius 1 is 1.47 bits per heavy atom. The van der Waals surface area contributed by atoms with Gasteiger partial charge >= 0.3 is 5.97 Å². The van der Waals surface area contributed by atoms with Crippen LogP contribution in [0.5, 0.6) is 0 Å². The quantitative estimate of drug-likeness (QED) is 0.589. The molecule has 1 unspecified atom stereocenters. The van der Waals surface area contributed by atoms with E-state index >= 15 is 0 Å². The maximum absolute atomic E-state index is 11.2. The maximum Gasteiger partial charge on any atom is 0.307 e. The fraction of sp³-hybridized carbons (Fsp3) is 0.800. The second-order valence-corrected chi connectivity index (χ2v) is 3.45. The van der Waals surface area contributed by atoms with Gasteiger partial charge < -0.3 is 15.8 Å². The van der Waals surface area contributed by atoms with E-state index in [2.05, 4.69) is 5.32 Å². The minimum Gasteiger partial charge on any atom is -0.466 e. The highest BCUT2D eigenvalue weighted by molar-refractivity contribution is 5.77. The molecule has 5 heteroatoms. The van der Waals surface area contributed by atoms with Crippen molar-refractivity contribution in [1.82, 2.24) is 5.32 Å². The first-order valence-electron chi connectivity index (χ1n) is 5.22. The number of hydrogen-bond donors (Lipinski definition) is 2. The molecule has 0 saturated heterocycles. The number of hydrogen-bond acceptors (Lipinski definition) is 4. The van der Waals surface area contributed by atoms with Crippen molar-refractivity contribution in [2.24, 2.45) is 11.7 Å². The number of nitrogens with two attached hydrogens (primary N) is 1. The third kappa shape index (κ3) is 7.93. The van der Waals surface area contributed by atoms with Gasteiger partial charge in [-0.3, -0.25) is 9.59 Å². The topological polar surface area (TPSA) is 81.4 Å². The zero-order valence-corrected chi connectivity index (χ0v) is 9.41. The first-order chi connectivity index (χ1) is 7.10. The minimum absolute atomic E-state index is 0.0720. The second kappa shape index (κ2) is 8.23. The van der Waals surface area contributed by atoms with Crippen LogP contribution in [0.15, 0.2) is 0 Å². The Bertz CT molecular complexity index is 207. The van der Waals surface area contributed by atoms with E-state index in [1.807, 2.05) is 6.92 Å². The predicted molar refractivity (Wildman–Crippen MR) is 57.1 cm³/mol. The van der Waals surface area contributed by atoms with E-state index in [9.17, 15) is 9.59 Å². The molecule has 0 aromatic carbocycles. The summed E-state index contributed by atoms with van der Waals surface area (Å²) < 4.78 is 4.72. The molecule has 0 fully saturated rings. The summed E-state index contributed by atoms with van der Waals surface area (Å²) in [6.07, 6.45) is 0.621. The SMILES string of the molecule is CCOC(=O)CCNC(=O)CC(C)CN. The van der Waals surface area contributed by atoms with E-state index < -0.39 is 0 Å². The van der Waals surface area contributed by atoms with Crippen molar-refractivity contribution in [3.8, 4) is 0 Å². The molecule has 0 saturated carbocycles. The number of amides is 1. The average Bonchev–Trinajstić information content (AvgIpc) is 2.18. The van der Waals surface area contributed by atoms with E-state index in [-0.39, 0.29) is 24.2 Å². The van der Waals surface area contributed by atoms with E-state index in [0.29, 0.717) is 26.1 Å². The normalized spacial score (nSPS) is 11.9. The molecule has 0 spiro atoms. The zero-order chi connectivity index (χ0) is 11.7. The lowest BCUT2D eigenvalue weighted by Gasteiger charge is -2.08. The summed E-state index contributed by atoms with van der Waals surface area (Å²) in [6, 6.07) is 0. The largest absolute Gasteiger partial charge is 0.466 e. The van der Waals surface area contributed by atoms with Crippen LogP contribution in [0.4, 0.5) is 0 Å². The molecule has 15 heavy (non-hydrogen) atoms. The van der Waals surface area contributed by atoms with Crippen LogP contribution in [0.25, 0.3) is 0 Å². The van der Waals surface area contributed by atoms with Crippen LogP contribution in [0.3, 0.4) is 0 Å². The molecule has 1 atom stereocenters. The van der Waals surface area contributed by atoms with E-state index in [1.54, 1.807) is 6.92 Å². The van der Waals surface area contributed by atoms with Crippen LogP contribution in [-0.2, 0) is 14.3 Å². The molecule has 0 aliphatic heterocycles. The molecule has 0 aromatic heterocycles. The van der Waals surface area contributed by atoms with Crippen molar-refractivity contribution in [1.29, 1.82) is 0 Å². The Hall–Kier alpha value is -1.10. The highest BCUT2D eigenvalue weighted by Gasteiger charge is 2.07. The number of nitrogens with one attached hydrogen (secondary N) is 1. The molecule has 1 amide bonds. The third-order valence-corrected chi connectivity index (χ3v) is 1.89. The van der Waals surface area contributed by atoms with Gasteiger partial charge in [-0.2, -0.15) is 0 Å². The summed E-state index contributed by atoms with van der Waals surface area (Å²) in [7, 11) is 0. The van der Waals surface area contributed by atoms with Crippen LogP contribution in [0.2, 0.25) is 0 Å². The number of ether oxygens (including phenoxy) is 1. The molecule has 0 aliphatic rings. The molecule has 0 aliphatic carbocycles. The summed E-state index contributed by atoms with van der Waals surface area (Å²) in [6.45, 7) is 4.85. The van der Waals surface area contributed by atoms with Crippen molar-refractivity contribution >= 4 is 11.9 Å². The lowest BCUT2D eigenvalue weighted by molar-refractivity contribution is -0.143. The third-order valence-electron chi connectivity index (χ3n) is 1.89. The van der Waals surface area contributed by atoms with Gasteiger partial charge in [-0.1, -0.05) is 6.92 Å². The summed E-state index contributed by atoms with van der Waals surface area (Å²) in [5.41, 5.74) is 5.38. The van der Waals surface area contributed by atoms with Crippen LogP contribution in [-0.4, -0.2) is 31.6 Å². The molecular formula is C10H20N2O3. The highest BCUT2D eigenvalue weighted by atomic mass is 16.5. The molecular weight excluding hydrogens is 196 g/mol. The number of carbonyl (C=O) groups is 2. The predicted octanol–water partition coefficient (Wildman–Crippen LogP) is 0.0407. The van der Waals surface area contributed by atoms with Gasteiger partial charge in [-0.05, 0) is 19.4 Å². The van der Waals surface area contributed by atoms with Gasteiger partial charge in [0.1, 0.15) is 0 Å². The number of rotatable bonds is 7. The lowest BCUT2D eigenvalue weighted by atomic mass is 10.1.